The van der Waals surface area contributed by atoms with Crippen molar-refractivity contribution in [2.75, 3.05) is 11.9 Å². The Kier molecular flexibility index (Phi) is 3.56. The summed E-state index contributed by atoms with van der Waals surface area (Å²) in [6, 6.07) is 8.71. The summed E-state index contributed by atoms with van der Waals surface area (Å²) in [6.07, 6.45) is 2.94. The van der Waals surface area contributed by atoms with E-state index < -0.39 is 0 Å². The van der Waals surface area contributed by atoms with E-state index in [4.69, 9.17) is 10.00 Å². The molecule has 0 unspecified atom stereocenters. The summed E-state index contributed by atoms with van der Waals surface area (Å²) >= 11 is 0. The van der Waals surface area contributed by atoms with E-state index in [0.717, 1.165) is 0 Å². The third kappa shape index (κ3) is 2.86. The fourth-order valence-electron chi connectivity index (χ4n) is 1.36. The number of anilines is 1. The lowest BCUT2D eigenvalue weighted by atomic mass is 10.2. The van der Waals surface area contributed by atoms with E-state index in [2.05, 4.69) is 15.5 Å². The Balaban J connectivity index is 2.05. The Morgan fingerprint density at radius 3 is 3.17 bits per heavy atom. The number of ether oxygens (including phenoxy) is 1. The van der Waals surface area contributed by atoms with Gasteiger partial charge in [-0.2, -0.15) is 10.4 Å². The summed E-state index contributed by atoms with van der Waals surface area (Å²) in [7, 11) is 0. The Morgan fingerprint density at radius 1 is 1.56 bits per heavy atom. The molecule has 1 amide bonds. The summed E-state index contributed by atoms with van der Waals surface area (Å²) in [5.74, 6) is 0.266. The first-order chi connectivity index (χ1) is 8.79. The number of H-pyrrole nitrogens is 1. The van der Waals surface area contributed by atoms with Crippen molar-refractivity contribution in [1.29, 1.82) is 5.26 Å². The van der Waals surface area contributed by atoms with Gasteiger partial charge in [0.05, 0.1) is 11.8 Å². The number of aromatic nitrogens is 2. The van der Waals surface area contributed by atoms with Gasteiger partial charge in [-0.05, 0) is 12.1 Å². The molecule has 0 saturated heterocycles. The first-order valence-corrected chi connectivity index (χ1v) is 5.19. The Morgan fingerprint density at radius 2 is 2.44 bits per heavy atom. The number of aromatic amines is 1. The van der Waals surface area contributed by atoms with E-state index in [0.29, 0.717) is 17.0 Å². The lowest BCUT2D eigenvalue weighted by Crippen LogP contribution is -2.10. The lowest BCUT2D eigenvalue weighted by Gasteiger charge is -2.06. The number of hydrogen-bond donors (Lipinski definition) is 2. The van der Waals surface area contributed by atoms with Crippen LogP contribution in [-0.2, 0) is 0 Å². The quantitative estimate of drug-likeness (QED) is 0.851. The molecule has 18 heavy (non-hydrogen) atoms. The van der Waals surface area contributed by atoms with Crippen molar-refractivity contribution in [3.63, 3.8) is 0 Å². The molecule has 1 aromatic carbocycles. The molecular weight excluding hydrogens is 232 g/mol. The van der Waals surface area contributed by atoms with Crippen LogP contribution in [0.3, 0.4) is 0 Å². The molecule has 1 heterocycles. The molecule has 0 aliphatic heterocycles. The molecule has 6 heteroatoms. The normalized spacial score (nSPS) is 9.50. The molecule has 0 bridgehead atoms. The second-order valence-corrected chi connectivity index (χ2v) is 3.42. The number of nitrogens with zero attached hydrogens (tertiary/aromatic N) is 2. The third-order valence-electron chi connectivity index (χ3n) is 2.16. The number of carbonyl (C=O) groups excluding carboxylic acids is 1. The molecule has 90 valence electrons. The van der Waals surface area contributed by atoms with Crippen LogP contribution < -0.4 is 10.1 Å². The van der Waals surface area contributed by atoms with Gasteiger partial charge in [0.15, 0.2) is 6.61 Å². The van der Waals surface area contributed by atoms with Crippen molar-refractivity contribution in [2.24, 2.45) is 0 Å². The van der Waals surface area contributed by atoms with Crippen LogP contribution in [0.5, 0.6) is 5.75 Å². The molecule has 0 fully saturated rings. The predicted octanol–water partition coefficient (Wildman–Crippen LogP) is 1.56. The maximum absolute atomic E-state index is 11.7. The molecule has 0 radical (unpaired) electrons. The van der Waals surface area contributed by atoms with Crippen LogP contribution in [0.25, 0.3) is 0 Å². The van der Waals surface area contributed by atoms with Crippen molar-refractivity contribution in [3.05, 3.63) is 42.2 Å². The monoisotopic (exact) mass is 242 g/mol. The number of nitrogens with one attached hydrogen (secondary N) is 2. The Labute approximate surface area is 103 Å². The lowest BCUT2D eigenvalue weighted by molar-refractivity contribution is 0.102. The Bertz CT molecular complexity index is 572. The molecule has 0 aliphatic carbocycles. The summed E-state index contributed by atoms with van der Waals surface area (Å²) in [5.41, 5.74) is 1.04. The van der Waals surface area contributed by atoms with Crippen molar-refractivity contribution in [3.8, 4) is 11.8 Å². The van der Waals surface area contributed by atoms with Gasteiger partial charge in [0.1, 0.15) is 11.8 Å². The van der Waals surface area contributed by atoms with Gasteiger partial charge in [0, 0.05) is 18.0 Å². The fourth-order valence-corrected chi connectivity index (χ4v) is 1.36. The maximum Gasteiger partial charge on any atom is 0.258 e. The highest BCUT2D eigenvalue weighted by atomic mass is 16.5. The molecule has 0 aliphatic rings. The van der Waals surface area contributed by atoms with Crippen LogP contribution in [0.1, 0.15) is 10.4 Å². The number of rotatable bonds is 4. The fraction of sp³-hybridized carbons (Fsp3) is 0.0833. The Hall–Kier alpha value is -2.81. The minimum atomic E-state index is -0.263. The van der Waals surface area contributed by atoms with Crippen LogP contribution >= 0.6 is 0 Å². The molecule has 6 nitrogen and oxygen atoms in total. The number of hydrogen-bond acceptors (Lipinski definition) is 4. The van der Waals surface area contributed by atoms with Crippen LogP contribution in [-0.4, -0.2) is 22.7 Å². The van der Waals surface area contributed by atoms with Gasteiger partial charge in [-0.1, -0.05) is 6.07 Å². The third-order valence-corrected chi connectivity index (χ3v) is 2.16. The first-order valence-electron chi connectivity index (χ1n) is 5.19. The molecule has 0 saturated carbocycles. The van der Waals surface area contributed by atoms with Gasteiger partial charge in [-0.15, -0.1) is 0 Å². The summed E-state index contributed by atoms with van der Waals surface area (Å²) in [5, 5.41) is 17.4. The van der Waals surface area contributed by atoms with Crippen LogP contribution in [0.15, 0.2) is 36.7 Å². The highest BCUT2D eigenvalue weighted by Crippen LogP contribution is 2.17. The smallest absolute Gasteiger partial charge is 0.258 e. The topological polar surface area (TPSA) is 90.8 Å². The zero-order valence-electron chi connectivity index (χ0n) is 9.38. The average molecular weight is 242 g/mol. The summed E-state index contributed by atoms with van der Waals surface area (Å²) in [4.78, 5) is 11.7. The zero-order chi connectivity index (χ0) is 12.8. The number of carbonyl (C=O) groups is 1. The van der Waals surface area contributed by atoms with E-state index in [1.165, 1.54) is 12.4 Å². The minimum absolute atomic E-state index is 0.0286. The molecule has 2 aromatic rings. The summed E-state index contributed by atoms with van der Waals surface area (Å²) in [6.45, 7) is -0.0286. The van der Waals surface area contributed by atoms with E-state index in [9.17, 15) is 4.79 Å². The SMILES string of the molecule is N#CCOc1cccc(NC(=O)c2cn[nH]c2)c1. The van der Waals surface area contributed by atoms with E-state index >= 15 is 0 Å². The molecular formula is C12H10N4O2. The van der Waals surface area contributed by atoms with Crippen molar-refractivity contribution < 1.29 is 9.53 Å². The summed E-state index contributed by atoms with van der Waals surface area (Å²) < 4.78 is 5.14. The first kappa shape index (κ1) is 11.7. The van der Waals surface area contributed by atoms with Crippen LogP contribution in [0.4, 0.5) is 5.69 Å². The number of amides is 1. The van der Waals surface area contributed by atoms with Crippen LogP contribution in [0, 0.1) is 11.3 Å². The maximum atomic E-state index is 11.7. The zero-order valence-corrected chi connectivity index (χ0v) is 9.38. The van der Waals surface area contributed by atoms with Crippen molar-refractivity contribution in [1.82, 2.24) is 10.2 Å². The highest BCUT2D eigenvalue weighted by Gasteiger charge is 2.07. The van der Waals surface area contributed by atoms with E-state index in [1.54, 1.807) is 24.3 Å². The molecule has 1 aromatic heterocycles. The van der Waals surface area contributed by atoms with Gasteiger partial charge in [-0.25, -0.2) is 0 Å². The highest BCUT2D eigenvalue weighted by molar-refractivity contribution is 6.03. The second kappa shape index (κ2) is 5.50. The molecule has 0 spiro atoms. The van der Waals surface area contributed by atoms with Gasteiger partial charge >= 0.3 is 0 Å². The van der Waals surface area contributed by atoms with E-state index in [1.807, 2.05) is 6.07 Å². The van der Waals surface area contributed by atoms with Gasteiger partial charge in [0.25, 0.3) is 5.91 Å². The molecule has 0 atom stereocenters. The number of benzene rings is 1. The molecule has 2 N–H and O–H groups in total. The number of nitriles is 1. The van der Waals surface area contributed by atoms with Crippen molar-refractivity contribution >= 4 is 11.6 Å². The second-order valence-electron chi connectivity index (χ2n) is 3.42. The van der Waals surface area contributed by atoms with Gasteiger partial charge < -0.3 is 10.1 Å². The predicted molar refractivity (Wildman–Crippen MR) is 64.1 cm³/mol. The molecule has 2 rings (SSSR count). The minimum Gasteiger partial charge on any atom is -0.479 e. The van der Waals surface area contributed by atoms with Gasteiger partial charge in [-0.3, -0.25) is 9.89 Å². The largest absolute Gasteiger partial charge is 0.479 e. The van der Waals surface area contributed by atoms with Crippen LogP contribution in [0.2, 0.25) is 0 Å². The van der Waals surface area contributed by atoms with E-state index in [-0.39, 0.29) is 12.5 Å². The average Bonchev–Trinajstić information content (AvgIpc) is 2.91. The van der Waals surface area contributed by atoms with Gasteiger partial charge in [0.2, 0.25) is 0 Å². The standard InChI is InChI=1S/C12H10N4O2/c13-4-5-18-11-3-1-2-10(6-11)16-12(17)9-7-14-15-8-9/h1-3,6-8H,5H2,(H,14,15)(H,16,17). The van der Waals surface area contributed by atoms with Crippen molar-refractivity contribution in [2.45, 2.75) is 0 Å².